The molecular formula is C18H21N3O. The van der Waals surface area contributed by atoms with Crippen LogP contribution in [0.25, 0.3) is 0 Å². The Morgan fingerprint density at radius 3 is 3.00 bits per heavy atom. The van der Waals surface area contributed by atoms with E-state index >= 15 is 0 Å². The Kier molecular flexibility index (Phi) is 3.17. The first-order valence-corrected chi connectivity index (χ1v) is 8.03. The summed E-state index contributed by atoms with van der Waals surface area (Å²) in [7, 11) is 0. The molecule has 2 N–H and O–H groups in total. The number of benzene rings is 1. The number of hydrogen-bond acceptors (Lipinski definition) is 3. The van der Waals surface area contributed by atoms with Crippen LogP contribution >= 0.6 is 0 Å². The van der Waals surface area contributed by atoms with E-state index in [2.05, 4.69) is 40.1 Å². The minimum absolute atomic E-state index is 0.297. The number of fused-ring (bicyclic) bond motifs is 6. The van der Waals surface area contributed by atoms with E-state index in [0.717, 1.165) is 31.5 Å². The molecule has 4 heteroatoms. The van der Waals surface area contributed by atoms with Crippen molar-refractivity contribution in [3.8, 4) is 0 Å². The highest BCUT2D eigenvalue weighted by Crippen LogP contribution is 2.34. The highest BCUT2D eigenvalue weighted by atomic mass is 16.1. The van der Waals surface area contributed by atoms with Crippen molar-refractivity contribution in [3.63, 3.8) is 0 Å². The lowest BCUT2D eigenvalue weighted by molar-refractivity contribution is -0.114. The molecule has 1 fully saturated rings. The summed E-state index contributed by atoms with van der Waals surface area (Å²) >= 11 is 0. The van der Waals surface area contributed by atoms with Gasteiger partial charge >= 0.3 is 0 Å². The van der Waals surface area contributed by atoms with E-state index in [9.17, 15) is 4.79 Å². The third-order valence-electron chi connectivity index (χ3n) is 4.99. The van der Waals surface area contributed by atoms with Crippen LogP contribution < -0.4 is 10.6 Å². The number of aryl methyl sites for hydroxylation is 1. The largest absolute Gasteiger partial charge is 0.366 e. The number of primary amides is 1. The van der Waals surface area contributed by atoms with E-state index in [4.69, 9.17) is 5.73 Å². The van der Waals surface area contributed by atoms with Crippen LogP contribution in [0.15, 0.2) is 47.8 Å². The molecule has 3 heterocycles. The van der Waals surface area contributed by atoms with E-state index in [1.807, 2.05) is 6.20 Å². The third kappa shape index (κ3) is 2.19. The lowest BCUT2D eigenvalue weighted by Crippen LogP contribution is -2.51. The Hall–Kier alpha value is -2.23. The molecule has 1 atom stereocenters. The van der Waals surface area contributed by atoms with E-state index in [1.165, 1.54) is 23.4 Å². The molecule has 1 aromatic carbocycles. The summed E-state index contributed by atoms with van der Waals surface area (Å²) in [5.74, 6) is -0.297. The predicted molar refractivity (Wildman–Crippen MR) is 87.2 cm³/mol. The fourth-order valence-corrected chi connectivity index (χ4v) is 3.86. The summed E-state index contributed by atoms with van der Waals surface area (Å²) in [6, 6.07) is 9.19. The first-order valence-electron chi connectivity index (χ1n) is 8.03. The molecule has 114 valence electrons. The second-order valence-electron chi connectivity index (χ2n) is 6.38. The number of nitrogens with two attached hydrogens (primary N) is 1. The molecule has 0 aliphatic carbocycles. The van der Waals surface area contributed by atoms with Crippen LogP contribution in [0.2, 0.25) is 0 Å². The fraction of sp³-hybridized carbons (Fsp3) is 0.389. The standard InChI is InChI=1S/C18H21N3O/c19-18(22)14-8-9-16-12-20-11-15(21(16)10-14)6-3-5-13-4-1-2-7-17(13)20/h1-2,4,7,9-10,15H,3,5-6,8,11-12H2,(H2,19,22). The van der Waals surface area contributed by atoms with Gasteiger partial charge in [0.25, 0.3) is 0 Å². The molecule has 4 nitrogen and oxygen atoms in total. The molecule has 1 amide bonds. The van der Waals surface area contributed by atoms with Gasteiger partial charge in [-0.2, -0.15) is 0 Å². The van der Waals surface area contributed by atoms with Crippen LogP contribution in [0.3, 0.4) is 0 Å². The molecule has 0 spiro atoms. The van der Waals surface area contributed by atoms with Gasteiger partial charge in [-0.1, -0.05) is 24.3 Å². The summed E-state index contributed by atoms with van der Waals surface area (Å²) in [6.07, 6.45) is 8.27. The second kappa shape index (κ2) is 5.20. The summed E-state index contributed by atoms with van der Waals surface area (Å²) in [5, 5.41) is 0. The molecule has 0 aromatic heterocycles. The van der Waals surface area contributed by atoms with Gasteiger partial charge in [-0.25, -0.2) is 0 Å². The number of allylic oxidation sites excluding steroid dienone is 1. The molecule has 2 bridgehead atoms. The Bertz CT molecular complexity index is 677. The number of carbonyl (C=O) groups is 1. The van der Waals surface area contributed by atoms with Crippen molar-refractivity contribution >= 4 is 11.6 Å². The van der Waals surface area contributed by atoms with Gasteiger partial charge in [0, 0.05) is 29.7 Å². The van der Waals surface area contributed by atoms with E-state index in [-0.39, 0.29) is 5.91 Å². The van der Waals surface area contributed by atoms with Gasteiger partial charge in [0.2, 0.25) is 5.91 Å². The average molecular weight is 295 g/mol. The molecule has 0 saturated carbocycles. The Balaban J connectivity index is 1.69. The summed E-state index contributed by atoms with van der Waals surface area (Å²) in [4.78, 5) is 16.3. The van der Waals surface area contributed by atoms with Crippen LogP contribution in [0.5, 0.6) is 0 Å². The van der Waals surface area contributed by atoms with Gasteiger partial charge in [0.05, 0.1) is 12.6 Å². The summed E-state index contributed by atoms with van der Waals surface area (Å²) in [5.41, 5.74) is 10.3. The van der Waals surface area contributed by atoms with E-state index in [1.54, 1.807) is 0 Å². The van der Waals surface area contributed by atoms with Crippen molar-refractivity contribution in [1.82, 2.24) is 4.90 Å². The Morgan fingerprint density at radius 1 is 1.27 bits per heavy atom. The van der Waals surface area contributed by atoms with E-state index < -0.39 is 0 Å². The number of hydrogen-bond donors (Lipinski definition) is 1. The molecule has 1 unspecified atom stereocenters. The first-order chi connectivity index (χ1) is 10.7. The van der Waals surface area contributed by atoms with E-state index in [0.29, 0.717) is 12.5 Å². The van der Waals surface area contributed by atoms with Crippen LogP contribution in [-0.2, 0) is 11.2 Å². The quantitative estimate of drug-likeness (QED) is 0.864. The zero-order valence-corrected chi connectivity index (χ0v) is 12.7. The lowest BCUT2D eigenvalue weighted by Gasteiger charge is -2.46. The van der Waals surface area contributed by atoms with Gasteiger partial charge in [-0.3, -0.25) is 4.79 Å². The minimum atomic E-state index is -0.297. The molecule has 1 aromatic rings. The molecule has 22 heavy (non-hydrogen) atoms. The third-order valence-corrected chi connectivity index (χ3v) is 4.99. The Morgan fingerprint density at radius 2 is 2.14 bits per heavy atom. The second-order valence-corrected chi connectivity index (χ2v) is 6.38. The van der Waals surface area contributed by atoms with Gasteiger partial charge in [0.15, 0.2) is 0 Å². The lowest BCUT2D eigenvalue weighted by atomic mass is 9.94. The first kappa shape index (κ1) is 13.4. The maximum Gasteiger partial charge on any atom is 0.246 e. The van der Waals surface area contributed by atoms with Gasteiger partial charge in [-0.15, -0.1) is 0 Å². The van der Waals surface area contributed by atoms with Crippen molar-refractivity contribution in [2.75, 3.05) is 18.0 Å². The van der Waals surface area contributed by atoms with Gasteiger partial charge in [0.1, 0.15) is 0 Å². The highest BCUT2D eigenvalue weighted by molar-refractivity contribution is 5.92. The molecule has 4 rings (SSSR count). The number of anilines is 1. The smallest absolute Gasteiger partial charge is 0.246 e. The van der Waals surface area contributed by atoms with Crippen LogP contribution in [0.4, 0.5) is 5.69 Å². The number of rotatable bonds is 1. The number of carbonyl (C=O) groups excluding carboxylic acids is 1. The van der Waals surface area contributed by atoms with Crippen LogP contribution in [0, 0.1) is 0 Å². The monoisotopic (exact) mass is 295 g/mol. The molecule has 3 aliphatic heterocycles. The number of para-hydroxylation sites is 1. The van der Waals surface area contributed by atoms with Gasteiger partial charge < -0.3 is 15.5 Å². The number of amides is 1. The number of nitrogens with zero attached hydrogens (tertiary/aromatic N) is 2. The fourth-order valence-electron chi connectivity index (χ4n) is 3.86. The topological polar surface area (TPSA) is 49.6 Å². The Labute approximate surface area is 130 Å². The average Bonchev–Trinajstić information content (AvgIpc) is 2.53. The molecule has 0 radical (unpaired) electrons. The van der Waals surface area contributed by atoms with Crippen molar-refractivity contribution in [2.45, 2.75) is 31.7 Å². The maximum atomic E-state index is 11.5. The van der Waals surface area contributed by atoms with Crippen molar-refractivity contribution in [3.05, 3.63) is 53.4 Å². The summed E-state index contributed by atoms with van der Waals surface area (Å²) < 4.78 is 0. The van der Waals surface area contributed by atoms with Crippen molar-refractivity contribution < 1.29 is 4.79 Å². The molecule has 3 aliphatic rings. The zero-order chi connectivity index (χ0) is 15.1. The van der Waals surface area contributed by atoms with Crippen LogP contribution in [0.1, 0.15) is 24.8 Å². The molecular weight excluding hydrogens is 274 g/mol. The number of piperazine rings is 1. The zero-order valence-electron chi connectivity index (χ0n) is 12.7. The highest BCUT2D eigenvalue weighted by Gasteiger charge is 2.33. The minimum Gasteiger partial charge on any atom is -0.366 e. The predicted octanol–water partition coefficient (Wildman–Crippen LogP) is 2.17. The van der Waals surface area contributed by atoms with Crippen LogP contribution in [-0.4, -0.2) is 29.9 Å². The normalized spacial score (nSPS) is 23.5. The SMILES string of the molecule is NC(=O)C1=CN2C(=CC1)CN1CC2CCCc2ccccc21. The van der Waals surface area contributed by atoms with Crippen molar-refractivity contribution in [1.29, 1.82) is 0 Å². The van der Waals surface area contributed by atoms with Gasteiger partial charge in [-0.05, 0) is 37.3 Å². The summed E-state index contributed by atoms with van der Waals surface area (Å²) in [6.45, 7) is 1.92. The van der Waals surface area contributed by atoms with Crippen molar-refractivity contribution in [2.24, 2.45) is 5.73 Å². The maximum absolute atomic E-state index is 11.5. The molecule has 1 saturated heterocycles.